The van der Waals surface area contributed by atoms with Crippen molar-refractivity contribution < 1.29 is 9.84 Å². The molecule has 13 heavy (non-hydrogen) atoms. The van der Waals surface area contributed by atoms with E-state index in [9.17, 15) is 0 Å². The number of aromatic nitrogens is 3. The highest BCUT2D eigenvalue weighted by Gasteiger charge is 2.22. The fourth-order valence-corrected chi connectivity index (χ4v) is 1.99. The molecule has 1 saturated heterocycles. The lowest BCUT2D eigenvalue weighted by Gasteiger charge is -2.24. The molecular formula is C7H11N3O2S. The maximum atomic E-state index is 8.88. The summed E-state index contributed by atoms with van der Waals surface area (Å²) in [5, 5.41) is 18.0. The quantitative estimate of drug-likeness (QED) is 0.733. The van der Waals surface area contributed by atoms with Crippen LogP contribution in [0, 0.1) is 0 Å². The third kappa shape index (κ3) is 1.70. The molecule has 0 spiro atoms. The molecule has 1 aromatic heterocycles. The number of ether oxygens (including phenoxy) is 1. The number of hydrogen-bond acceptors (Lipinski definition) is 5. The van der Waals surface area contributed by atoms with E-state index in [0.717, 1.165) is 18.4 Å². The van der Waals surface area contributed by atoms with Crippen molar-refractivity contribution in [1.82, 2.24) is 14.8 Å². The van der Waals surface area contributed by atoms with Gasteiger partial charge in [0.1, 0.15) is 6.61 Å². The summed E-state index contributed by atoms with van der Waals surface area (Å²) >= 11 is 1.65. The van der Waals surface area contributed by atoms with Crippen molar-refractivity contribution in [2.45, 2.75) is 17.0 Å². The predicted octanol–water partition coefficient (Wildman–Crippen LogP) is -0.202. The van der Waals surface area contributed by atoms with Gasteiger partial charge in [0.05, 0.1) is 18.5 Å². The van der Waals surface area contributed by atoms with Gasteiger partial charge in [0.25, 0.3) is 0 Å². The summed E-state index contributed by atoms with van der Waals surface area (Å²) in [4.78, 5) is 0. The van der Waals surface area contributed by atoms with Gasteiger partial charge in [0.15, 0.2) is 11.0 Å². The van der Waals surface area contributed by atoms with Crippen molar-refractivity contribution >= 4 is 11.8 Å². The molecule has 2 heterocycles. The smallest absolute Gasteiger partial charge is 0.191 e. The number of hydrogen-bond donors (Lipinski definition) is 1. The van der Waals surface area contributed by atoms with E-state index < -0.39 is 0 Å². The molecule has 72 valence electrons. The molecule has 1 aromatic rings. The summed E-state index contributed by atoms with van der Waals surface area (Å²) in [6.45, 7) is 1.50. The Morgan fingerprint density at radius 2 is 2.38 bits per heavy atom. The van der Waals surface area contributed by atoms with Gasteiger partial charge in [-0.15, -0.1) is 10.2 Å². The highest BCUT2D eigenvalue weighted by molar-refractivity contribution is 7.99. The molecule has 0 atom stereocenters. The lowest BCUT2D eigenvalue weighted by atomic mass is 10.4. The molecule has 0 amide bonds. The average Bonchev–Trinajstić information content (AvgIpc) is 2.40. The Morgan fingerprint density at radius 1 is 1.62 bits per heavy atom. The first kappa shape index (κ1) is 8.98. The maximum absolute atomic E-state index is 8.88. The predicted molar refractivity (Wildman–Crippen MR) is 47.4 cm³/mol. The molecule has 0 unspecified atom stereocenters. The second kappa shape index (κ2) is 3.65. The van der Waals surface area contributed by atoms with Crippen LogP contribution in [0.4, 0.5) is 0 Å². The normalized spacial score (nSPS) is 17.4. The average molecular weight is 201 g/mol. The molecule has 5 nitrogen and oxygen atoms in total. The van der Waals surface area contributed by atoms with Crippen LogP contribution in [0.25, 0.3) is 0 Å². The van der Waals surface area contributed by atoms with E-state index in [-0.39, 0.29) is 6.61 Å². The van der Waals surface area contributed by atoms with E-state index in [2.05, 4.69) is 10.2 Å². The Hall–Kier alpha value is -0.590. The summed E-state index contributed by atoms with van der Waals surface area (Å²) in [7, 11) is 1.85. The van der Waals surface area contributed by atoms with Crippen LogP contribution < -0.4 is 0 Å². The summed E-state index contributed by atoms with van der Waals surface area (Å²) in [5.74, 6) is 0.600. The van der Waals surface area contributed by atoms with E-state index in [1.165, 1.54) is 0 Å². The van der Waals surface area contributed by atoms with Gasteiger partial charge in [-0.3, -0.25) is 0 Å². The van der Waals surface area contributed by atoms with Crippen molar-refractivity contribution in [2.75, 3.05) is 13.2 Å². The minimum absolute atomic E-state index is 0.0643. The highest BCUT2D eigenvalue weighted by atomic mass is 32.2. The summed E-state index contributed by atoms with van der Waals surface area (Å²) in [5.41, 5.74) is 0. The maximum Gasteiger partial charge on any atom is 0.191 e. The highest BCUT2D eigenvalue weighted by Crippen LogP contribution is 2.26. The summed E-state index contributed by atoms with van der Waals surface area (Å²) in [6.07, 6.45) is 0. The van der Waals surface area contributed by atoms with Crippen molar-refractivity contribution in [3.63, 3.8) is 0 Å². The van der Waals surface area contributed by atoms with E-state index in [4.69, 9.17) is 9.84 Å². The molecule has 1 aliphatic heterocycles. The van der Waals surface area contributed by atoms with Gasteiger partial charge in [-0.1, -0.05) is 11.8 Å². The van der Waals surface area contributed by atoms with Crippen LogP contribution in [-0.4, -0.2) is 38.3 Å². The third-order valence-corrected chi connectivity index (χ3v) is 3.12. The van der Waals surface area contributed by atoms with Crippen molar-refractivity contribution in [2.24, 2.45) is 7.05 Å². The minimum atomic E-state index is -0.0643. The zero-order chi connectivity index (χ0) is 9.26. The molecule has 0 aliphatic carbocycles. The van der Waals surface area contributed by atoms with Gasteiger partial charge in [-0.25, -0.2) is 0 Å². The van der Waals surface area contributed by atoms with Crippen LogP contribution >= 0.6 is 11.8 Å². The van der Waals surface area contributed by atoms with Crippen LogP contribution in [0.5, 0.6) is 0 Å². The monoisotopic (exact) mass is 201 g/mol. The molecule has 0 aromatic carbocycles. The molecule has 2 rings (SSSR count). The Kier molecular flexibility index (Phi) is 2.52. The van der Waals surface area contributed by atoms with Gasteiger partial charge in [0, 0.05) is 7.05 Å². The topological polar surface area (TPSA) is 60.2 Å². The Labute approximate surface area is 80.1 Å². The second-order valence-corrected chi connectivity index (χ2v) is 4.16. The van der Waals surface area contributed by atoms with E-state index in [1.54, 1.807) is 11.8 Å². The molecule has 1 fully saturated rings. The van der Waals surface area contributed by atoms with E-state index in [1.807, 2.05) is 11.6 Å². The zero-order valence-corrected chi connectivity index (χ0v) is 8.12. The number of rotatable bonds is 3. The molecule has 1 aliphatic rings. The van der Waals surface area contributed by atoms with Crippen LogP contribution in [0.1, 0.15) is 5.82 Å². The van der Waals surface area contributed by atoms with Crippen LogP contribution in [0.3, 0.4) is 0 Å². The second-order valence-electron chi connectivity index (χ2n) is 2.89. The van der Waals surface area contributed by atoms with Gasteiger partial charge in [0.2, 0.25) is 0 Å². The third-order valence-electron chi connectivity index (χ3n) is 1.95. The lowest BCUT2D eigenvalue weighted by molar-refractivity contribution is 0.0453. The van der Waals surface area contributed by atoms with E-state index >= 15 is 0 Å². The van der Waals surface area contributed by atoms with Crippen LogP contribution in [-0.2, 0) is 18.4 Å². The van der Waals surface area contributed by atoms with Crippen LogP contribution in [0.15, 0.2) is 5.16 Å². The SMILES string of the molecule is Cn1c(CO)nnc1SC1COC1. The number of nitrogens with zero attached hydrogens (tertiary/aromatic N) is 3. The largest absolute Gasteiger partial charge is 0.388 e. The standard InChI is InChI=1S/C7H11N3O2S/c1-10-6(2-11)8-9-7(10)13-5-3-12-4-5/h5,11H,2-4H2,1H3. The first-order valence-corrected chi connectivity index (χ1v) is 4.92. The number of aliphatic hydroxyl groups is 1. The minimum Gasteiger partial charge on any atom is -0.388 e. The van der Waals surface area contributed by atoms with Crippen LogP contribution in [0.2, 0.25) is 0 Å². The van der Waals surface area contributed by atoms with Crippen molar-refractivity contribution in [3.8, 4) is 0 Å². The fraction of sp³-hybridized carbons (Fsp3) is 0.714. The zero-order valence-electron chi connectivity index (χ0n) is 7.30. The van der Waals surface area contributed by atoms with E-state index in [0.29, 0.717) is 11.1 Å². The Balaban J connectivity index is 2.06. The molecule has 0 saturated carbocycles. The van der Waals surface area contributed by atoms with Gasteiger partial charge < -0.3 is 14.4 Å². The van der Waals surface area contributed by atoms with Gasteiger partial charge in [-0.2, -0.15) is 0 Å². The van der Waals surface area contributed by atoms with Crippen molar-refractivity contribution in [1.29, 1.82) is 0 Å². The first-order chi connectivity index (χ1) is 6.31. The lowest BCUT2D eigenvalue weighted by Crippen LogP contribution is -2.30. The molecule has 6 heteroatoms. The van der Waals surface area contributed by atoms with Gasteiger partial charge >= 0.3 is 0 Å². The Morgan fingerprint density at radius 3 is 2.85 bits per heavy atom. The number of thioether (sulfide) groups is 1. The Bertz CT molecular complexity index is 298. The molecule has 0 bridgehead atoms. The first-order valence-electron chi connectivity index (χ1n) is 4.05. The van der Waals surface area contributed by atoms with Crippen molar-refractivity contribution in [3.05, 3.63) is 5.82 Å². The molecular weight excluding hydrogens is 190 g/mol. The molecule has 0 radical (unpaired) electrons. The van der Waals surface area contributed by atoms with Gasteiger partial charge in [-0.05, 0) is 0 Å². The molecule has 1 N–H and O–H groups in total. The number of aliphatic hydroxyl groups excluding tert-OH is 1. The summed E-state index contributed by atoms with van der Waals surface area (Å²) in [6, 6.07) is 0. The summed E-state index contributed by atoms with van der Waals surface area (Å²) < 4.78 is 6.86. The fourth-order valence-electron chi connectivity index (χ4n) is 1.02.